The van der Waals surface area contributed by atoms with Gasteiger partial charge in [-0.25, -0.2) is 4.98 Å². The van der Waals surface area contributed by atoms with Gasteiger partial charge in [0.05, 0.1) is 5.52 Å². The molecule has 0 spiro atoms. The number of fused-ring (bicyclic) bond motifs is 1. The van der Waals surface area contributed by atoms with Gasteiger partial charge in [0.25, 0.3) is 5.78 Å². The highest BCUT2D eigenvalue weighted by Crippen LogP contribution is 2.37. The summed E-state index contributed by atoms with van der Waals surface area (Å²) in [7, 11) is 0. The summed E-state index contributed by atoms with van der Waals surface area (Å²) >= 11 is 1.23. The maximum absolute atomic E-state index is 13.0. The fourth-order valence-electron chi connectivity index (χ4n) is 2.67. The Bertz CT molecular complexity index is 992. The van der Waals surface area contributed by atoms with Crippen molar-refractivity contribution < 1.29 is 22.8 Å². The van der Waals surface area contributed by atoms with E-state index in [0.717, 1.165) is 6.07 Å². The van der Waals surface area contributed by atoms with Crippen LogP contribution in [0, 0.1) is 5.92 Å². The summed E-state index contributed by atoms with van der Waals surface area (Å²) < 4.78 is 39.0. The number of pyridine rings is 1. The fourth-order valence-corrected chi connectivity index (χ4v) is 3.46. The molecule has 0 saturated carbocycles. The molecule has 7 heteroatoms. The highest BCUT2D eigenvalue weighted by atomic mass is 32.1. The first-order chi connectivity index (χ1) is 12.2. The Hall–Kier alpha value is -2.54. The molecule has 2 heterocycles. The Balaban J connectivity index is 2.28. The zero-order valence-electron chi connectivity index (χ0n) is 13.9. The van der Waals surface area contributed by atoms with Crippen LogP contribution < -0.4 is 0 Å². The third kappa shape index (κ3) is 3.26. The molecule has 2 aromatic heterocycles. The van der Waals surface area contributed by atoms with Crippen molar-refractivity contribution in [3.63, 3.8) is 0 Å². The normalized spacial score (nSPS) is 11.9. The van der Waals surface area contributed by atoms with Crippen LogP contribution in [0.1, 0.15) is 34.7 Å². The van der Waals surface area contributed by atoms with Crippen LogP contribution in [0.25, 0.3) is 21.3 Å². The first kappa shape index (κ1) is 18.3. The smallest absolute Gasteiger partial charge is 0.292 e. The van der Waals surface area contributed by atoms with Crippen molar-refractivity contribution in [2.75, 3.05) is 0 Å². The van der Waals surface area contributed by atoms with Gasteiger partial charge < -0.3 is 0 Å². The minimum atomic E-state index is -4.97. The molecular formula is C19H14F3NO2S. The van der Waals surface area contributed by atoms with Gasteiger partial charge >= 0.3 is 6.18 Å². The minimum Gasteiger partial charge on any atom is -0.292 e. The Kier molecular flexibility index (Phi) is 4.66. The maximum Gasteiger partial charge on any atom is 0.454 e. The predicted molar refractivity (Wildman–Crippen MR) is 94.6 cm³/mol. The van der Waals surface area contributed by atoms with E-state index in [-0.39, 0.29) is 23.0 Å². The molecule has 1 aromatic carbocycles. The van der Waals surface area contributed by atoms with Crippen molar-refractivity contribution in [2.24, 2.45) is 5.92 Å². The van der Waals surface area contributed by atoms with E-state index in [1.165, 1.54) is 23.5 Å². The van der Waals surface area contributed by atoms with E-state index in [0.29, 0.717) is 15.8 Å². The average Bonchev–Trinajstić information content (AvgIpc) is 3.12. The lowest BCUT2D eigenvalue weighted by Gasteiger charge is -2.13. The second-order valence-electron chi connectivity index (χ2n) is 6.07. The lowest BCUT2D eigenvalue weighted by atomic mass is 9.96. The zero-order valence-corrected chi connectivity index (χ0v) is 14.7. The topological polar surface area (TPSA) is 47.0 Å². The Morgan fingerprint density at radius 2 is 1.81 bits per heavy atom. The van der Waals surface area contributed by atoms with E-state index in [2.05, 4.69) is 4.98 Å². The quantitative estimate of drug-likeness (QED) is 0.560. The molecule has 26 heavy (non-hydrogen) atoms. The number of hydrogen-bond acceptors (Lipinski definition) is 4. The first-order valence-corrected chi connectivity index (χ1v) is 8.71. The van der Waals surface area contributed by atoms with Gasteiger partial charge in [-0.1, -0.05) is 19.9 Å². The highest BCUT2D eigenvalue weighted by Gasteiger charge is 2.41. The van der Waals surface area contributed by atoms with Crippen molar-refractivity contribution in [2.45, 2.75) is 20.0 Å². The Morgan fingerprint density at radius 3 is 2.38 bits per heavy atom. The minimum absolute atomic E-state index is 0.153. The molecule has 3 rings (SSSR count). The van der Waals surface area contributed by atoms with E-state index in [1.807, 2.05) is 0 Å². The van der Waals surface area contributed by atoms with Gasteiger partial charge in [-0.05, 0) is 35.7 Å². The van der Waals surface area contributed by atoms with Crippen LogP contribution in [0.2, 0.25) is 0 Å². The van der Waals surface area contributed by atoms with E-state index in [4.69, 9.17) is 0 Å². The number of Topliss-reactive ketones (excluding diaryl/α,β-unsaturated/α-hetero) is 2. The number of rotatable bonds is 4. The van der Waals surface area contributed by atoms with Gasteiger partial charge in [0.2, 0.25) is 0 Å². The molecule has 0 N–H and O–H groups in total. The molecule has 3 aromatic rings. The van der Waals surface area contributed by atoms with Crippen LogP contribution in [0.15, 0.2) is 41.8 Å². The summed E-state index contributed by atoms with van der Waals surface area (Å²) in [6.07, 6.45) is -4.97. The van der Waals surface area contributed by atoms with E-state index >= 15 is 0 Å². The highest BCUT2D eigenvalue weighted by molar-refractivity contribution is 7.13. The second-order valence-corrected chi connectivity index (χ2v) is 7.02. The van der Waals surface area contributed by atoms with Crippen LogP contribution in [0.3, 0.4) is 0 Å². The lowest BCUT2D eigenvalue weighted by Crippen LogP contribution is -2.23. The SMILES string of the molecule is CC(C)C(=O)c1ccc2c(-c3cccs3)c(C(=O)C(F)(F)F)ccc2n1. The predicted octanol–water partition coefficient (Wildman–Crippen LogP) is 5.55. The molecule has 0 bridgehead atoms. The molecular weight excluding hydrogens is 363 g/mol. The van der Waals surface area contributed by atoms with Crippen LogP contribution >= 0.6 is 11.3 Å². The largest absolute Gasteiger partial charge is 0.454 e. The van der Waals surface area contributed by atoms with Crippen LogP contribution in [-0.4, -0.2) is 22.7 Å². The zero-order chi connectivity index (χ0) is 19.1. The van der Waals surface area contributed by atoms with Crippen molar-refractivity contribution in [3.8, 4) is 10.4 Å². The molecule has 0 radical (unpaired) electrons. The number of alkyl halides is 3. The van der Waals surface area contributed by atoms with Gasteiger partial charge in [-0.2, -0.15) is 13.2 Å². The number of nitrogens with zero attached hydrogens (tertiary/aromatic N) is 1. The average molecular weight is 377 g/mol. The summed E-state index contributed by atoms with van der Waals surface area (Å²) in [6.45, 7) is 3.49. The number of halogens is 3. The monoisotopic (exact) mass is 377 g/mol. The van der Waals surface area contributed by atoms with Crippen molar-refractivity contribution in [3.05, 3.63) is 53.0 Å². The van der Waals surface area contributed by atoms with Gasteiger partial charge in [-0.3, -0.25) is 9.59 Å². The molecule has 0 aliphatic rings. The summed E-state index contributed by atoms with van der Waals surface area (Å²) in [5, 5.41) is 2.13. The summed E-state index contributed by atoms with van der Waals surface area (Å²) in [4.78, 5) is 28.9. The molecule has 0 unspecified atom stereocenters. The molecule has 3 nitrogen and oxygen atoms in total. The van der Waals surface area contributed by atoms with E-state index in [1.54, 1.807) is 37.4 Å². The van der Waals surface area contributed by atoms with Gasteiger partial charge in [0.15, 0.2) is 5.78 Å². The number of benzene rings is 1. The third-order valence-electron chi connectivity index (χ3n) is 3.92. The number of carbonyl (C=O) groups excluding carboxylic acids is 2. The number of aromatic nitrogens is 1. The van der Waals surface area contributed by atoms with Crippen LogP contribution in [0.4, 0.5) is 13.2 Å². The number of thiophene rings is 1. The Labute approximate surface area is 151 Å². The van der Waals surface area contributed by atoms with Crippen LogP contribution in [-0.2, 0) is 0 Å². The standard InChI is InChI=1S/C19H14F3NO2S/c1-10(2)17(24)14-8-5-11-13(23-14)7-6-12(18(25)19(20,21)22)16(11)15-4-3-9-26-15/h3-10H,1-2H3. The van der Waals surface area contributed by atoms with Gasteiger partial charge in [0, 0.05) is 27.3 Å². The van der Waals surface area contributed by atoms with Gasteiger partial charge in [0.1, 0.15) is 5.69 Å². The summed E-state index contributed by atoms with van der Waals surface area (Å²) in [5.74, 6) is -2.30. The Morgan fingerprint density at radius 1 is 1.08 bits per heavy atom. The second kappa shape index (κ2) is 6.64. The molecule has 0 saturated heterocycles. The summed E-state index contributed by atoms with van der Waals surface area (Å²) in [5.41, 5.74) is 0.395. The lowest BCUT2D eigenvalue weighted by molar-refractivity contribution is -0.0884. The number of carbonyl (C=O) groups is 2. The van der Waals surface area contributed by atoms with Crippen molar-refractivity contribution in [1.82, 2.24) is 4.98 Å². The van der Waals surface area contributed by atoms with Crippen LogP contribution in [0.5, 0.6) is 0 Å². The van der Waals surface area contributed by atoms with Gasteiger partial charge in [-0.15, -0.1) is 11.3 Å². The maximum atomic E-state index is 13.0. The molecule has 0 atom stereocenters. The molecule has 134 valence electrons. The number of ketones is 2. The van der Waals surface area contributed by atoms with Crippen molar-refractivity contribution in [1.29, 1.82) is 0 Å². The fraction of sp³-hybridized carbons (Fsp3) is 0.211. The van der Waals surface area contributed by atoms with E-state index in [9.17, 15) is 22.8 Å². The van der Waals surface area contributed by atoms with Crippen molar-refractivity contribution >= 4 is 33.8 Å². The van der Waals surface area contributed by atoms with E-state index < -0.39 is 17.5 Å². The molecule has 0 fully saturated rings. The first-order valence-electron chi connectivity index (χ1n) is 7.83. The molecule has 0 amide bonds. The summed E-state index contributed by atoms with van der Waals surface area (Å²) in [6, 6.07) is 8.88. The molecule has 0 aliphatic heterocycles. The third-order valence-corrected chi connectivity index (χ3v) is 4.81. The molecule has 0 aliphatic carbocycles. The number of hydrogen-bond donors (Lipinski definition) is 0.